The largest absolute Gasteiger partial charge is 0.496 e. The van der Waals surface area contributed by atoms with Crippen LogP contribution in [0.4, 0.5) is 0 Å². The van der Waals surface area contributed by atoms with E-state index in [-0.39, 0.29) is 18.3 Å². The molecular formula is C27H35ClN2O4S. The number of carbonyl (C=O) groups excluding carboxylic acids is 1. The number of rotatable bonds is 10. The van der Waals surface area contributed by atoms with Crippen molar-refractivity contribution in [1.29, 1.82) is 0 Å². The number of nitrogens with zero attached hydrogens (tertiary/aromatic N) is 2. The van der Waals surface area contributed by atoms with Crippen LogP contribution in [0.5, 0.6) is 17.2 Å². The normalized spacial score (nSPS) is 13.4. The summed E-state index contributed by atoms with van der Waals surface area (Å²) in [4.78, 5) is 17.3. The van der Waals surface area contributed by atoms with Crippen molar-refractivity contribution in [3.63, 3.8) is 0 Å². The van der Waals surface area contributed by atoms with Crippen molar-refractivity contribution < 1.29 is 19.0 Å². The maximum absolute atomic E-state index is 12.9. The van der Waals surface area contributed by atoms with Gasteiger partial charge in [-0.05, 0) is 79.2 Å². The summed E-state index contributed by atoms with van der Waals surface area (Å²) in [5, 5.41) is 3.49. The van der Waals surface area contributed by atoms with Gasteiger partial charge in [0.05, 0.1) is 27.8 Å². The van der Waals surface area contributed by atoms with Gasteiger partial charge in [-0.3, -0.25) is 4.79 Å². The fourth-order valence-corrected chi connectivity index (χ4v) is 5.69. The first-order valence-electron chi connectivity index (χ1n) is 11.8. The van der Waals surface area contributed by atoms with Gasteiger partial charge >= 0.3 is 0 Å². The summed E-state index contributed by atoms with van der Waals surface area (Å²) in [6, 6.07) is 10.2. The third kappa shape index (κ3) is 6.21. The van der Waals surface area contributed by atoms with Gasteiger partial charge in [0.15, 0.2) is 11.5 Å². The maximum Gasteiger partial charge on any atom is 0.227 e. The third-order valence-electron chi connectivity index (χ3n) is 6.64. The topological polar surface area (TPSA) is 51.2 Å². The Kier molecular flexibility index (Phi) is 9.66. The summed E-state index contributed by atoms with van der Waals surface area (Å²) < 4.78 is 17.7. The van der Waals surface area contributed by atoms with Crippen LogP contribution in [-0.4, -0.2) is 70.3 Å². The van der Waals surface area contributed by atoms with Crippen molar-refractivity contribution >= 4 is 39.7 Å². The van der Waals surface area contributed by atoms with E-state index in [1.807, 2.05) is 29.2 Å². The van der Waals surface area contributed by atoms with Gasteiger partial charge < -0.3 is 24.0 Å². The fraction of sp³-hybridized carbons (Fsp3) is 0.444. The number of carbonyl (C=O) groups is 1. The molecule has 0 aliphatic carbocycles. The van der Waals surface area contributed by atoms with Crippen LogP contribution in [-0.2, 0) is 24.1 Å². The Morgan fingerprint density at radius 1 is 1.00 bits per heavy atom. The van der Waals surface area contributed by atoms with Crippen molar-refractivity contribution in [1.82, 2.24) is 9.80 Å². The van der Waals surface area contributed by atoms with Crippen LogP contribution in [0.15, 0.2) is 35.7 Å². The van der Waals surface area contributed by atoms with Crippen LogP contribution in [0.2, 0.25) is 0 Å². The molecule has 0 radical (unpaired) electrons. The molecule has 2 heterocycles. The minimum absolute atomic E-state index is 0. The van der Waals surface area contributed by atoms with Gasteiger partial charge in [0.1, 0.15) is 5.75 Å². The molecule has 1 aliphatic rings. The number of amides is 1. The summed E-state index contributed by atoms with van der Waals surface area (Å²) in [6.07, 6.45) is 3.19. The van der Waals surface area contributed by atoms with Gasteiger partial charge in [-0.1, -0.05) is 6.07 Å². The zero-order valence-electron chi connectivity index (χ0n) is 21.0. The molecule has 0 atom stereocenters. The van der Waals surface area contributed by atoms with Crippen LogP contribution in [0.1, 0.15) is 23.1 Å². The van der Waals surface area contributed by atoms with Gasteiger partial charge in [0.2, 0.25) is 5.91 Å². The first-order valence-corrected chi connectivity index (χ1v) is 12.6. The molecule has 4 rings (SSSR count). The molecule has 0 saturated heterocycles. The highest BCUT2D eigenvalue weighted by atomic mass is 35.5. The summed E-state index contributed by atoms with van der Waals surface area (Å²) >= 11 is 1.77. The van der Waals surface area contributed by atoms with Crippen molar-refractivity contribution in [2.45, 2.75) is 25.7 Å². The molecule has 3 aromatic rings. The van der Waals surface area contributed by atoms with E-state index in [9.17, 15) is 4.79 Å². The predicted molar refractivity (Wildman–Crippen MR) is 145 cm³/mol. The molecular weight excluding hydrogens is 484 g/mol. The second-order valence-electron chi connectivity index (χ2n) is 8.78. The summed E-state index contributed by atoms with van der Waals surface area (Å²) in [7, 11) is 7.16. The average Bonchev–Trinajstić information content (AvgIpc) is 3.21. The van der Waals surface area contributed by atoms with Crippen LogP contribution >= 0.6 is 23.7 Å². The standard InChI is InChI=1S/C27H34N2O4S.ClH/c1-28(13-9-20-18-34-25-8-5-7-22(31-2)27(20)25)11-6-12-29-14-10-19-15-23(32-3)24(33-4)16-21(19)17-26(29)30;/h5,7-8,15-16,18H,6,9-14,17H2,1-4H3;1H. The van der Waals surface area contributed by atoms with Gasteiger partial charge in [-0.25, -0.2) is 0 Å². The zero-order valence-corrected chi connectivity index (χ0v) is 22.6. The smallest absolute Gasteiger partial charge is 0.227 e. The minimum atomic E-state index is 0. The molecule has 0 N–H and O–H groups in total. The van der Waals surface area contributed by atoms with E-state index in [0.717, 1.165) is 62.5 Å². The molecule has 2 aromatic carbocycles. The van der Waals surface area contributed by atoms with Crippen molar-refractivity contribution in [2.24, 2.45) is 0 Å². The number of methoxy groups -OCH3 is 3. The number of fused-ring (bicyclic) bond motifs is 2. The Bertz CT molecular complexity index is 1150. The van der Waals surface area contributed by atoms with Gasteiger partial charge in [-0.15, -0.1) is 23.7 Å². The Morgan fingerprint density at radius 3 is 2.43 bits per heavy atom. The molecule has 8 heteroatoms. The molecule has 0 unspecified atom stereocenters. The lowest BCUT2D eigenvalue weighted by molar-refractivity contribution is -0.130. The SMILES string of the molecule is COc1cc2c(cc1OC)CC(=O)N(CCCN(C)CCc1csc3cccc(OC)c13)CC2.Cl. The number of ether oxygens (including phenoxy) is 3. The lowest BCUT2D eigenvalue weighted by Crippen LogP contribution is -2.35. The highest BCUT2D eigenvalue weighted by Gasteiger charge is 2.22. The molecule has 6 nitrogen and oxygen atoms in total. The average molecular weight is 519 g/mol. The van der Waals surface area contributed by atoms with E-state index >= 15 is 0 Å². The van der Waals surface area contributed by atoms with Crippen LogP contribution in [0, 0.1) is 0 Å². The Morgan fingerprint density at radius 2 is 1.71 bits per heavy atom. The number of hydrogen-bond donors (Lipinski definition) is 0. The highest BCUT2D eigenvalue weighted by molar-refractivity contribution is 7.17. The third-order valence-corrected chi connectivity index (χ3v) is 7.64. The Hall–Kier alpha value is -2.48. The van der Waals surface area contributed by atoms with Crippen molar-refractivity contribution in [2.75, 3.05) is 54.6 Å². The van der Waals surface area contributed by atoms with E-state index in [2.05, 4.69) is 23.4 Å². The molecule has 35 heavy (non-hydrogen) atoms. The molecule has 1 amide bonds. The second-order valence-corrected chi connectivity index (χ2v) is 9.70. The number of hydrogen-bond acceptors (Lipinski definition) is 6. The number of halogens is 1. The van der Waals surface area contributed by atoms with E-state index in [4.69, 9.17) is 14.2 Å². The van der Waals surface area contributed by atoms with Crippen LogP contribution in [0.25, 0.3) is 10.1 Å². The highest BCUT2D eigenvalue weighted by Crippen LogP contribution is 2.34. The lowest BCUT2D eigenvalue weighted by Gasteiger charge is -2.23. The molecule has 1 aliphatic heterocycles. The molecule has 190 valence electrons. The number of benzene rings is 2. The first-order chi connectivity index (χ1) is 16.5. The summed E-state index contributed by atoms with van der Waals surface area (Å²) in [5.74, 6) is 2.54. The molecule has 1 aromatic heterocycles. The Labute approximate surface area is 218 Å². The van der Waals surface area contributed by atoms with E-state index in [1.165, 1.54) is 21.2 Å². The summed E-state index contributed by atoms with van der Waals surface area (Å²) in [5.41, 5.74) is 3.56. The van der Waals surface area contributed by atoms with E-state index in [1.54, 1.807) is 32.7 Å². The molecule has 0 bridgehead atoms. The first kappa shape index (κ1) is 27.1. The molecule has 0 fully saturated rings. The monoisotopic (exact) mass is 518 g/mol. The quantitative estimate of drug-likeness (QED) is 0.384. The minimum Gasteiger partial charge on any atom is -0.496 e. The lowest BCUT2D eigenvalue weighted by atomic mass is 10.0. The van der Waals surface area contributed by atoms with Crippen molar-refractivity contribution in [3.05, 3.63) is 52.4 Å². The fourth-order valence-electron chi connectivity index (χ4n) is 4.68. The van der Waals surface area contributed by atoms with Crippen LogP contribution < -0.4 is 14.2 Å². The number of thiophene rings is 1. The number of likely N-dealkylation sites (N-methyl/N-ethyl adjacent to an activating group) is 1. The van der Waals surface area contributed by atoms with E-state index in [0.29, 0.717) is 12.2 Å². The van der Waals surface area contributed by atoms with Gasteiger partial charge in [0.25, 0.3) is 0 Å². The van der Waals surface area contributed by atoms with Gasteiger partial charge in [0, 0.05) is 29.7 Å². The molecule has 0 spiro atoms. The predicted octanol–water partition coefficient (Wildman–Crippen LogP) is 4.84. The van der Waals surface area contributed by atoms with E-state index < -0.39 is 0 Å². The zero-order chi connectivity index (χ0) is 24.1. The van der Waals surface area contributed by atoms with Crippen molar-refractivity contribution in [3.8, 4) is 17.2 Å². The summed E-state index contributed by atoms with van der Waals surface area (Å²) in [6.45, 7) is 3.45. The maximum atomic E-state index is 12.9. The Balaban J connectivity index is 0.00000342. The second kappa shape index (κ2) is 12.5. The van der Waals surface area contributed by atoms with Gasteiger partial charge in [-0.2, -0.15) is 0 Å². The van der Waals surface area contributed by atoms with Crippen LogP contribution in [0.3, 0.4) is 0 Å². The molecule has 0 saturated carbocycles.